The van der Waals surface area contributed by atoms with Gasteiger partial charge < -0.3 is 15.1 Å². The maximum Gasteiger partial charge on any atom is 0.193 e. The molecule has 1 aromatic rings. The zero-order valence-electron chi connectivity index (χ0n) is 16.4. The number of halogens is 2. The number of nitrogens with zero attached hydrogens (tertiary/aromatic N) is 4. The van der Waals surface area contributed by atoms with Gasteiger partial charge in [0, 0.05) is 64.4 Å². The largest absolute Gasteiger partial charge is 0.355 e. The number of guanidine groups is 1. The van der Waals surface area contributed by atoms with Gasteiger partial charge in [0.2, 0.25) is 0 Å². The Morgan fingerprint density at radius 2 is 1.92 bits per heavy atom. The summed E-state index contributed by atoms with van der Waals surface area (Å²) in [5.41, 5.74) is 1.11. The second-order valence-corrected chi connectivity index (χ2v) is 7.10. The lowest BCUT2D eigenvalue weighted by molar-refractivity contribution is 0.107. The third-order valence-electron chi connectivity index (χ3n) is 4.97. The summed E-state index contributed by atoms with van der Waals surface area (Å²) in [5, 5.41) is 4.31. The first-order chi connectivity index (χ1) is 12.0. The van der Waals surface area contributed by atoms with Gasteiger partial charge in [0.05, 0.1) is 0 Å². The first kappa shape index (κ1) is 23.5. The van der Waals surface area contributed by atoms with Crippen LogP contribution in [0.5, 0.6) is 0 Å². The topological polar surface area (TPSA) is 34.1 Å². The molecule has 1 unspecified atom stereocenters. The van der Waals surface area contributed by atoms with Gasteiger partial charge in [0.1, 0.15) is 0 Å². The molecule has 1 fully saturated rings. The predicted molar refractivity (Wildman–Crippen MR) is 123 cm³/mol. The number of benzene rings is 1. The summed E-state index contributed by atoms with van der Waals surface area (Å²) in [4.78, 5) is 11.6. The first-order valence-electron chi connectivity index (χ1n) is 9.16. The highest BCUT2D eigenvalue weighted by molar-refractivity contribution is 14.0. The lowest BCUT2D eigenvalue weighted by atomic mass is 10.2. The van der Waals surface area contributed by atoms with Crippen molar-refractivity contribution in [1.82, 2.24) is 20.0 Å². The van der Waals surface area contributed by atoms with Gasteiger partial charge in [-0.15, -0.1) is 24.0 Å². The van der Waals surface area contributed by atoms with Gasteiger partial charge in [-0.3, -0.25) is 9.89 Å². The molecular formula is C19H33ClIN5. The zero-order chi connectivity index (χ0) is 18.2. The molecule has 0 spiro atoms. The van der Waals surface area contributed by atoms with Crippen molar-refractivity contribution in [3.8, 4) is 0 Å². The van der Waals surface area contributed by atoms with Crippen molar-refractivity contribution in [2.24, 2.45) is 4.99 Å². The van der Waals surface area contributed by atoms with E-state index in [1.54, 1.807) is 0 Å². The van der Waals surface area contributed by atoms with Crippen LogP contribution in [0.1, 0.15) is 19.4 Å². The fourth-order valence-corrected chi connectivity index (χ4v) is 3.43. The van der Waals surface area contributed by atoms with Crippen molar-refractivity contribution in [3.05, 3.63) is 34.9 Å². The molecule has 0 saturated carbocycles. The van der Waals surface area contributed by atoms with Crippen LogP contribution in [0.2, 0.25) is 5.02 Å². The maximum atomic E-state index is 6.27. The van der Waals surface area contributed by atoms with Gasteiger partial charge in [0.25, 0.3) is 0 Å². The van der Waals surface area contributed by atoms with Crippen molar-refractivity contribution in [2.45, 2.75) is 26.4 Å². The number of hydrogen-bond donors (Lipinski definition) is 1. The van der Waals surface area contributed by atoms with E-state index in [-0.39, 0.29) is 24.0 Å². The van der Waals surface area contributed by atoms with E-state index in [1.165, 1.54) is 13.1 Å². The number of rotatable bonds is 6. The van der Waals surface area contributed by atoms with Crippen LogP contribution in [0.15, 0.2) is 29.3 Å². The molecule has 148 valence electrons. The highest BCUT2D eigenvalue weighted by atomic mass is 127. The minimum absolute atomic E-state index is 0. The van der Waals surface area contributed by atoms with E-state index in [2.05, 4.69) is 44.9 Å². The van der Waals surface area contributed by atoms with E-state index in [0.29, 0.717) is 6.04 Å². The van der Waals surface area contributed by atoms with Crippen LogP contribution in [0, 0.1) is 0 Å². The number of likely N-dealkylation sites (N-methyl/N-ethyl adjacent to an activating group) is 1. The van der Waals surface area contributed by atoms with Gasteiger partial charge in [-0.2, -0.15) is 0 Å². The monoisotopic (exact) mass is 493 g/mol. The average molecular weight is 494 g/mol. The van der Waals surface area contributed by atoms with Crippen molar-refractivity contribution in [3.63, 3.8) is 0 Å². The van der Waals surface area contributed by atoms with E-state index in [4.69, 9.17) is 11.6 Å². The van der Waals surface area contributed by atoms with Crippen molar-refractivity contribution < 1.29 is 0 Å². The lowest BCUT2D eigenvalue weighted by Crippen LogP contribution is -2.53. The average Bonchev–Trinajstić information content (AvgIpc) is 2.64. The van der Waals surface area contributed by atoms with E-state index in [0.717, 1.165) is 49.3 Å². The third kappa shape index (κ3) is 6.87. The second-order valence-electron chi connectivity index (χ2n) is 6.69. The summed E-state index contributed by atoms with van der Waals surface area (Å²) in [7, 11) is 3.87. The Balaban J connectivity index is 0.00000338. The molecule has 1 atom stereocenters. The van der Waals surface area contributed by atoms with Crippen molar-refractivity contribution in [2.75, 3.05) is 53.4 Å². The minimum atomic E-state index is 0. The minimum Gasteiger partial charge on any atom is -0.355 e. The molecule has 2 rings (SSSR count). The Hall–Kier alpha value is -0.570. The molecule has 0 amide bonds. The van der Waals surface area contributed by atoms with Crippen molar-refractivity contribution in [1.29, 1.82) is 0 Å². The van der Waals surface area contributed by atoms with Crippen LogP contribution < -0.4 is 5.32 Å². The SMILES string of the molecule is CCN1CCN(C(C)CNC(=NC)N(C)Cc2ccccc2Cl)CC1.I. The molecule has 7 heteroatoms. The lowest BCUT2D eigenvalue weighted by Gasteiger charge is -2.38. The van der Waals surface area contributed by atoms with Crippen LogP contribution in [-0.2, 0) is 6.54 Å². The molecule has 5 nitrogen and oxygen atoms in total. The fraction of sp³-hybridized carbons (Fsp3) is 0.632. The number of hydrogen-bond acceptors (Lipinski definition) is 3. The summed E-state index contributed by atoms with van der Waals surface area (Å²) in [6, 6.07) is 8.45. The summed E-state index contributed by atoms with van der Waals surface area (Å²) in [6.07, 6.45) is 0. The standard InChI is InChI=1S/C19H32ClN5.HI/c1-5-24-10-12-25(13-11-24)16(2)14-22-19(21-3)23(4)15-17-8-6-7-9-18(17)20;/h6-9,16H,5,10-15H2,1-4H3,(H,21,22);1H. The van der Waals surface area contributed by atoms with E-state index < -0.39 is 0 Å². The summed E-state index contributed by atoms with van der Waals surface area (Å²) in [5.74, 6) is 0.902. The molecule has 0 aromatic heterocycles. The fourth-order valence-electron chi connectivity index (χ4n) is 3.23. The second kappa shape index (κ2) is 12.0. The Bertz CT molecular complexity index is 561. The Morgan fingerprint density at radius 1 is 1.27 bits per heavy atom. The maximum absolute atomic E-state index is 6.27. The molecule has 0 bridgehead atoms. The summed E-state index contributed by atoms with van der Waals surface area (Å²) < 4.78 is 0. The Morgan fingerprint density at radius 3 is 2.50 bits per heavy atom. The van der Waals surface area contributed by atoms with Gasteiger partial charge in [-0.25, -0.2) is 0 Å². The molecule has 0 aliphatic carbocycles. The van der Waals surface area contributed by atoms with Crippen LogP contribution in [0.25, 0.3) is 0 Å². The molecule has 1 saturated heterocycles. The van der Waals surface area contributed by atoms with E-state index in [9.17, 15) is 0 Å². The molecule has 0 radical (unpaired) electrons. The summed E-state index contributed by atoms with van der Waals surface area (Å²) in [6.45, 7) is 11.9. The number of aliphatic imine (C=N–C) groups is 1. The predicted octanol–water partition coefficient (Wildman–Crippen LogP) is 2.99. The molecule has 1 aromatic carbocycles. The highest BCUT2D eigenvalue weighted by Crippen LogP contribution is 2.16. The van der Waals surface area contributed by atoms with E-state index >= 15 is 0 Å². The van der Waals surface area contributed by atoms with Crippen LogP contribution >= 0.6 is 35.6 Å². The first-order valence-corrected chi connectivity index (χ1v) is 9.54. The van der Waals surface area contributed by atoms with Crippen LogP contribution in [0.4, 0.5) is 0 Å². The number of piperazine rings is 1. The van der Waals surface area contributed by atoms with Gasteiger partial charge in [0.15, 0.2) is 5.96 Å². The Labute approximate surface area is 180 Å². The van der Waals surface area contributed by atoms with Gasteiger partial charge in [-0.1, -0.05) is 36.7 Å². The van der Waals surface area contributed by atoms with Crippen LogP contribution in [0.3, 0.4) is 0 Å². The molecule has 1 aliphatic heterocycles. The smallest absolute Gasteiger partial charge is 0.193 e. The quantitative estimate of drug-likeness (QED) is 0.375. The molecule has 1 aliphatic rings. The van der Waals surface area contributed by atoms with Crippen molar-refractivity contribution >= 4 is 41.5 Å². The zero-order valence-corrected chi connectivity index (χ0v) is 19.5. The Kier molecular flexibility index (Phi) is 10.8. The molecular weight excluding hydrogens is 461 g/mol. The normalized spacial score (nSPS) is 17.5. The highest BCUT2D eigenvalue weighted by Gasteiger charge is 2.20. The van der Waals surface area contributed by atoms with Crippen LogP contribution in [-0.4, -0.2) is 80.1 Å². The van der Waals surface area contributed by atoms with Gasteiger partial charge in [-0.05, 0) is 25.1 Å². The molecule has 1 heterocycles. The molecule has 1 N–H and O–H groups in total. The van der Waals surface area contributed by atoms with E-state index in [1.807, 2.05) is 32.3 Å². The summed E-state index contributed by atoms with van der Waals surface area (Å²) >= 11 is 6.27. The molecule has 26 heavy (non-hydrogen) atoms. The number of nitrogens with one attached hydrogen (secondary N) is 1. The third-order valence-corrected chi connectivity index (χ3v) is 5.34. The van der Waals surface area contributed by atoms with Gasteiger partial charge >= 0.3 is 0 Å².